The maximum atomic E-state index is 11.9. The van der Waals surface area contributed by atoms with E-state index in [0.29, 0.717) is 0 Å². The van der Waals surface area contributed by atoms with E-state index in [1.807, 2.05) is 54.6 Å². The summed E-state index contributed by atoms with van der Waals surface area (Å²) < 4.78 is 9.82. The zero-order valence-electron chi connectivity index (χ0n) is 19.7. The fourth-order valence-electron chi connectivity index (χ4n) is 3.65. The van der Waals surface area contributed by atoms with E-state index in [1.54, 1.807) is 13.8 Å². The van der Waals surface area contributed by atoms with Crippen molar-refractivity contribution in [1.29, 1.82) is 5.26 Å². The largest absolute Gasteiger partial charge is 0.471 e. The summed E-state index contributed by atoms with van der Waals surface area (Å²) in [6.07, 6.45) is 4.02. The quantitative estimate of drug-likeness (QED) is 0.241. The Morgan fingerprint density at radius 2 is 1.40 bits per heavy atom. The second-order valence-electron chi connectivity index (χ2n) is 7.54. The number of ether oxygens (including phenoxy) is 2. The van der Waals surface area contributed by atoms with Gasteiger partial charge in [-0.05, 0) is 67.8 Å². The van der Waals surface area contributed by atoms with Crippen LogP contribution in [0.1, 0.15) is 31.4 Å². The molecular formula is C27H26N4O4. The highest BCUT2D eigenvalue weighted by atomic mass is 16.5. The number of carbonyl (C=O) groups excluding carboxylic acids is 2. The predicted molar refractivity (Wildman–Crippen MR) is 134 cm³/mol. The monoisotopic (exact) mass is 470 g/mol. The SMILES string of the molecule is [C-]#[N+]/C(=C\c1ccc(N2CCCN2c2ccc(/C=C(\C#N)C(=O)OCC)cc2)cc1)C(=O)OCC. The molecule has 1 aliphatic rings. The van der Waals surface area contributed by atoms with Gasteiger partial charge in [0.25, 0.3) is 5.70 Å². The first-order valence-corrected chi connectivity index (χ1v) is 11.3. The molecule has 1 fully saturated rings. The molecule has 0 spiro atoms. The van der Waals surface area contributed by atoms with Gasteiger partial charge in [-0.2, -0.15) is 5.26 Å². The van der Waals surface area contributed by atoms with Crippen molar-refractivity contribution in [3.05, 3.63) is 82.3 Å². The van der Waals surface area contributed by atoms with Crippen molar-refractivity contribution < 1.29 is 19.1 Å². The smallest absolute Gasteiger partial charge is 0.348 e. The third kappa shape index (κ3) is 6.27. The molecule has 3 rings (SSSR count). The third-order valence-corrected chi connectivity index (χ3v) is 5.25. The van der Waals surface area contributed by atoms with Gasteiger partial charge < -0.3 is 9.47 Å². The van der Waals surface area contributed by atoms with E-state index in [2.05, 4.69) is 14.9 Å². The van der Waals surface area contributed by atoms with E-state index in [-0.39, 0.29) is 24.5 Å². The van der Waals surface area contributed by atoms with E-state index in [0.717, 1.165) is 42.0 Å². The zero-order chi connectivity index (χ0) is 25.2. The van der Waals surface area contributed by atoms with Crippen molar-refractivity contribution >= 4 is 35.5 Å². The minimum absolute atomic E-state index is 0.0409. The first-order valence-electron chi connectivity index (χ1n) is 11.3. The average molecular weight is 471 g/mol. The summed E-state index contributed by atoms with van der Waals surface area (Å²) in [5, 5.41) is 13.6. The summed E-state index contributed by atoms with van der Waals surface area (Å²) in [6, 6.07) is 17.1. The highest BCUT2D eigenvalue weighted by Crippen LogP contribution is 2.28. The number of nitrogens with zero attached hydrogens (tertiary/aromatic N) is 4. The van der Waals surface area contributed by atoms with Gasteiger partial charge in [-0.1, -0.05) is 24.3 Å². The average Bonchev–Trinajstić information content (AvgIpc) is 3.36. The summed E-state index contributed by atoms with van der Waals surface area (Å²) in [5.41, 5.74) is 3.34. The number of hydrazine groups is 1. The van der Waals surface area contributed by atoms with Crippen LogP contribution in [0.15, 0.2) is 59.8 Å². The number of hydrogen-bond donors (Lipinski definition) is 0. The third-order valence-electron chi connectivity index (χ3n) is 5.25. The number of carbonyl (C=O) groups is 2. The molecule has 8 heteroatoms. The molecule has 2 aromatic carbocycles. The van der Waals surface area contributed by atoms with Gasteiger partial charge in [0, 0.05) is 13.1 Å². The van der Waals surface area contributed by atoms with Crippen molar-refractivity contribution in [3.8, 4) is 6.07 Å². The van der Waals surface area contributed by atoms with E-state index in [9.17, 15) is 14.9 Å². The Hall–Kier alpha value is -4.56. The number of esters is 2. The maximum Gasteiger partial charge on any atom is 0.348 e. The van der Waals surface area contributed by atoms with Gasteiger partial charge in [0.05, 0.1) is 31.2 Å². The Morgan fingerprint density at radius 3 is 1.86 bits per heavy atom. The number of nitriles is 1. The van der Waals surface area contributed by atoms with Gasteiger partial charge >= 0.3 is 11.9 Å². The molecule has 8 nitrogen and oxygen atoms in total. The molecule has 0 aliphatic carbocycles. The lowest BCUT2D eigenvalue weighted by atomic mass is 10.1. The van der Waals surface area contributed by atoms with Crippen molar-refractivity contribution in [2.24, 2.45) is 0 Å². The van der Waals surface area contributed by atoms with Crippen molar-refractivity contribution in [2.45, 2.75) is 20.3 Å². The molecular weight excluding hydrogens is 444 g/mol. The van der Waals surface area contributed by atoms with Crippen LogP contribution in [0.2, 0.25) is 0 Å². The molecule has 0 amide bonds. The van der Waals surface area contributed by atoms with Crippen molar-refractivity contribution in [3.63, 3.8) is 0 Å². The number of anilines is 2. The topological polar surface area (TPSA) is 87.2 Å². The molecule has 0 unspecified atom stereocenters. The zero-order valence-corrected chi connectivity index (χ0v) is 19.7. The van der Waals surface area contributed by atoms with Crippen LogP contribution < -0.4 is 10.0 Å². The molecule has 178 valence electrons. The van der Waals surface area contributed by atoms with Gasteiger partial charge in [0.15, 0.2) is 0 Å². The molecule has 1 aliphatic heterocycles. The summed E-state index contributed by atoms with van der Waals surface area (Å²) >= 11 is 0. The van der Waals surface area contributed by atoms with Gasteiger partial charge in [-0.15, -0.1) is 0 Å². The Kier molecular flexibility index (Phi) is 8.64. The molecule has 2 aromatic rings. The van der Waals surface area contributed by atoms with E-state index in [4.69, 9.17) is 16.0 Å². The van der Waals surface area contributed by atoms with Crippen LogP contribution in [0.4, 0.5) is 11.4 Å². The summed E-state index contributed by atoms with van der Waals surface area (Å²) in [7, 11) is 0. The fourth-order valence-corrected chi connectivity index (χ4v) is 3.65. The highest BCUT2D eigenvalue weighted by molar-refractivity contribution is 5.98. The minimum Gasteiger partial charge on any atom is -0.471 e. The summed E-state index contributed by atoms with van der Waals surface area (Å²) in [5.74, 6) is -1.26. The highest BCUT2D eigenvalue weighted by Gasteiger charge is 2.23. The van der Waals surface area contributed by atoms with Crippen LogP contribution in [0.5, 0.6) is 0 Å². The molecule has 0 radical (unpaired) electrons. The van der Waals surface area contributed by atoms with Crippen molar-refractivity contribution in [2.75, 3.05) is 36.3 Å². The molecule has 35 heavy (non-hydrogen) atoms. The van der Waals surface area contributed by atoms with E-state index in [1.165, 1.54) is 12.2 Å². The Labute approximate surface area is 205 Å². The van der Waals surface area contributed by atoms with E-state index < -0.39 is 11.9 Å². The van der Waals surface area contributed by atoms with Gasteiger partial charge in [0.1, 0.15) is 11.6 Å². The summed E-state index contributed by atoms with van der Waals surface area (Å²) in [6.45, 7) is 12.7. The predicted octanol–water partition coefficient (Wildman–Crippen LogP) is 4.61. The summed E-state index contributed by atoms with van der Waals surface area (Å²) in [4.78, 5) is 27.0. The normalized spacial score (nSPS) is 13.7. The number of hydrogen-bond acceptors (Lipinski definition) is 7. The second kappa shape index (κ2) is 12.1. The Bertz CT molecular complexity index is 1110. The second-order valence-corrected chi connectivity index (χ2v) is 7.54. The molecule has 0 saturated carbocycles. The van der Waals surface area contributed by atoms with Crippen LogP contribution in [0, 0.1) is 17.9 Å². The lowest BCUT2D eigenvalue weighted by Crippen LogP contribution is -2.36. The number of benzene rings is 2. The van der Waals surface area contributed by atoms with Crippen LogP contribution in [-0.2, 0) is 19.1 Å². The lowest BCUT2D eigenvalue weighted by Gasteiger charge is -2.31. The Balaban J connectivity index is 1.76. The molecule has 0 atom stereocenters. The molecule has 1 saturated heterocycles. The van der Waals surface area contributed by atoms with Crippen molar-refractivity contribution in [1.82, 2.24) is 0 Å². The standard InChI is InChI=1S/C27H26N4O4/c1-4-34-26(32)22(19-28)17-20-7-11-23(12-8-20)30-15-6-16-31(30)24-13-9-21(10-14-24)18-25(29-3)27(33)35-5-2/h7-14,17-18H,4-6,15-16H2,1-2H3/b22-17+,25-18-. The van der Waals surface area contributed by atoms with Gasteiger partial charge in [0.2, 0.25) is 0 Å². The minimum atomic E-state index is -0.631. The fraction of sp³-hybridized carbons (Fsp3) is 0.259. The molecule has 0 aromatic heterocycles. The molecule has 0 N–H and O–H groups in total. The first-order chi connectivity index (χ1) is 17.0. The lowest BCUT2D eigenvalue weighted by molar-refractivity contribution is -0.138. The van der Waals surface area contributed by atoms with E-state index >= 15 is 0 Å². The van der Waals surface area contributed by atoms with Crippen LogP contribution in [-0.4, -0.2) is 38.2 Å². The maximum absolute atomic E-state index is 11.9. The van der Waals surface area contributed by atoms with Gasteiger partial charge in [-0.25, -0.2) is 9.64 Å². The van der Waals surface area contributed by atoms with Crippen LogP contribution >= 0.6 is 0 Å². The molecule has 1 heterocycles. The van der Waals surface area contributed by atoms with Crippen LogP contribution in [0.3, 0.4) is 0 Å². The molecule has 0 bridgehead atoms. The number of rotatable bonds is 8. The van der Waals surface area contributed by atoms with Gasteiger partial charge in [-0.3, -0.25) is 14.8 Å². The van der Waals surface area contributed by atoms with Crippen LogP contribution in [0.25, 0.3) is 17.0 Å². The first kappa shape index (κ1) is 25.1. The Morgan fingerprint density at radius 1 is 0.914 bits per heavy atom.